The highest BCUT2D eigenvalue weighted by molar-refractivity contribution is 7.92. The van der Waals surface area contributed by atoms with Gasteiger partial charge in [0.1, 0.15) is 5.92 Å². The molecule has 0 spiro atoms. The van der Waals surface area contributed by atoms with Gasteiger partial charge in [-0.25, -0.2) is 13.2 Å². The lowest BCUT2D eigenvalue weighted by Crippen LogP contribution is -2.28. The van der Waals surface area contributed by atoms with Crippen molar-refractivity contribution in [3.63, 3.8) is 0 Å². The molecule has 152 valence electrons. The van der Waals surface area contributed by atoms with Gasteiger partial charge >= 0.3 is 5.97 Å². The quantitative estimate of drug-likeness (QED) is 0.505. The molecule has 0 radical (unpaired) electrons. The summed E-state index contributed by atoms with van der Waals surface area (Å²) in [5, 5.41) is 5.12. The minimum absolute atomic E-state index is 0.123. The van der Waals surface area contributed by atoms with Crippen molar-refractivity contribution in [1.82, 2.24) is 0 Å². The summed E-state index contributed by atoms with van der Waals surface area (Å²) in [7, 11) is -4.02. The summed E-state index contributed by atoms with van der Waals surface area (Å²) in [5.74, 6) is -2.49. The highest BCUT2D eigenvalue weighted by atomic mass is 32.2. The van der Waals surface area contributed by atoms with Crippen LogP contribution in [0.25, 0.3) is 0 Å². The smallest absolute Gasteiger partial charge is 0.338 e. The second-order valence-electron chi connectivity index (χ2n) is 6.31. The summed E-state index contributed by atoms with van der Waals surface area (Å²) in [4.78, 5) is 35.6. The van der Waals surface area contributed by atoms with Gasteiger partial charge in [0.15, 0.2) is 0 Å². The van der Waals surface area contributed by atoms with Gasteiger partial charge in [-0.05, 0) is 50.2 Å². The average Bonchev–Trinajstić information content (AvgIpc) is 2.78. The molecule has 1 heterocycles. The Morgan fingerprint density at radius 1 is 1.07 bits per heavy atom. The molecule has 2 aromatic rings. The molecule has 0 aromatic heterocycles. The van der Waals surface area contributed by atoms with Gasteiger partial charge in [0, 0.05) is 5.69 Å². The number of hydrogen-bond donors (Lipinski definition) is 3. The van der Waals surface area contributed by atoms with Crippen molar-refractivity contribution < 1.29 is 27.5 Å². The number of sulfonamides is 1. The lowest BCUT2D eigenvalue weighted by atomic mass is 10.1. The molecule has 1 atom stereocenters. The van der Waals surface area contributed by atoms with Crippen molar-refractivity contribution in [3.05, 3.63) is 48.0 Å². The van der Waals surface area contributed by atoms with Crippen molar-refractivity contribution in [2.24, 2.45) is 5.92 Å². The maximum absolute atomic E-state index is 12.8. The molecule has 9 nitrogen and oxygen atoms in total. The summed E-state index contributed by atoms with van der Waals surface area (Å²) in [5.41, 5.74) is 0.862. The van der Waals surface area contributed by atoms with E-state index in [0.29, 0.717) is 5.69 Å². The number of fused-ring (bicyclic) bond motifs is 1. The van der Waals surface area contributed by atoms with Crippen LogP contribution in [0.1, 0.15) is 24.2 Å². The molecule has 0 bridgehead atoms. The Balaban J connectivity index is 1.89. The van der Waals surface area contributed by atoms with E-state index >= 15 is 0 Å². The Morgan fingerprint density at radius 2 is 1.76 bits per heavy atom. The standard InChI is InChI=1S/C19H19N3O6S/c1-3-28-19(25)12-5-4-6-13(9-12)22-29(26,27)14-7-8-15-16(10-14)21-18(24)11(2)17(23)20-15/h4-11,22H,3H2,1-2H3,(H,20,23)(H,21,24)/t11-/m0/s1. The number of benzene rings is 2. The first-order valence-electron chi connectivity index (χ1n) is 8.77. The SMILES string of the molecule is CCOC(=O)c1cccc(NS(=O)(=O)c2ccc3c(c2)NC(=O)[C@@H](C)C(=O)N3)c1. The number of anilines is 3. The predicted octanol–water partition coefficient (Wildman–Crippen LogP) is 2.19. The number of carbonyl (C=O) groups is 3. The fourth-order valence-corrected chi connectivity index (χ4v) is 3.72. The number of rotatable bonds is 5. The summed E-state index contributed by atoms with van der Waals surface area (Å²) < 4.78 is 32.8. The van der Waals surface area contributed by atoms with E-state index < -0.39 is 33.7 Å². The van der Waals surface area contributed by atoms with Gasteiger partial charge in [0.05, 0.1) is 28.4 Å². The third kappa shape index (κ3) is 4.37. The van der Waals surface area contributed by atoms with E-state index in [1.54, 1.807) is 6.92 Å². The van der Waals surface area contributed by atoms with Crippen molar-refractivity contribution >= 4 is 44.9 Å². The van der Waals surface area contributed by atoms with Crippen LogP contribution >= 0.6 is 0 Å². The Labute approximate surface area is 167 Å². The Morgan fingerprint density at radius 3 is 2.45 bits per heavy atom. The molecule has 2 aromatic carbocycles. The van der Waals surface area contributed by atoms with Crippen molar-refractivity contribution in [2.45, 2.75) is 18.7 Å². The molecule has 0 saturated carbocycles. The summed E-state index contributed by atoms with van der Waals surface area (Å²) in [6.45, 7) is 3.32. The second kappa shape index (κ2) is 7.92. The minimum Gasteiger partial charge on any atom is -0.462 e. The first-order chi connectivity index (χ1) is 13.7. The minimum atomic E-state index is -4.02. The van der Waals surface area contributed by atoms with Crippen LogP contribution in [-0.4, -0.2) is 32.8 Å². The molecule has 1 aliphatic heterocycles. The van der Waals surface area contributed by atoms with Gasteiger partial charge < -0.3 is 15.4 Å². The molecule has 10 heteroatoms. The number of esters is 1. The van der Waals surface area contributed by atoms with Crippen LogP contribution < -0.4 is 15.4 Å². The second-order valence-corrected chi connectivity index (χ2v) is 8.00. The van der Waals surface area contributed by atoms with Crippen LogP contribution in [0.5, 0.6) is 0 Å². The van der Waals surface area contributed by atoms with E-state index in [4.69, 9.17) is 4.74 Å². The molecule has 1 aliphatic rings. The van der Waals surface area contributed by atoms with Crippen LogP contribution in [0.3, 0.4) is 0 Å². The maximum Gasteiger partial charge on any atom is 0.338 e. The monoisotopic (exact) mass is 417 g/mol. The summed E-state index contributed by atoms with van der Waals surface area (Å²) in [6, 6.07) is 9.85. The van der Waals surface area contributed by atoms with E-state index in [-0.39, 0.29) is 28.4 Å². The molecule has 3 rings (SSSR count). The highest BCUT2D eigenvalue weighted by Crippen LogP contribution is 2.29. The Bertz CT molecular complexity index is 1100. The maximum atomic E-state index is 12.8. The van der Waals surface area contributed by atoms with E-state index in [1.165, 1.54) is 49.4 Å². The number of ether oxygens (including phenoxy) is 1. The lowest BCUT2D eigenvalue weighted by Gasteiger charge is -2.12. The van der Waals surface area contributed by atoms with Crippen LogP contribution in [0.15, 0.2) is 47.4 Å². The van der Waals surface area contributed by atoms with Gasteiger partial charge in [-0.3, -0.25) is 14.3 Å². The summed E-state index contributed by atoms with van der Waals surface area (Å²) in [6.07, 6.45) is 0. The first-order valence-corrected chi connectivity index (χ1v) is 10.3. The number of hydrogen-bond acceptors (Lipinski definition) is 6. The van der Waals surface area contributed by atoms with Crippen molar-refractivity contribution in [2.75, 3.05) is 22.0 Å². The molecular weight excluding hydrogens is 398 g/mol. The first kappa shape index (κ1) is 20.3. The highest BCUT2D eigenvalue weighted by Gasteiger charge is 2.28. The van der Waals surface area contributed by atoms with Gasteiger partial charge in [-0.2, -0.15) is 0 Å². The van der Waals surface area contributed by atoms with E-state index in [0.717, 1.165) is 0 Å². The zero-order chi connectivity index (χ0) is 21.2. The molecule has 0 aliphatic carbocycles. The van der Waals surface area contributed by atoms with Gasteiger partial charge in [-0.1, -0.05) is 6.07 Å². The largest absolute Gasteiger partial charge is 0.462 e. The van der Waals surface area contributed by atoms with E-state index in [2.05, 4.69) is 15.4 Å². The third-order valence-electron chi connectivity index (χ3n) is 4.23. The molecule has 2 amide bonds. The fraction of sp³-hybridized carbons (Fsp3) is 0.211. The number of amides is 2. The van der Waals surface area contributed by atoms with Crippen LogP contribution in [0.2, 0.25) is 0 Å². The molecule has 29 heavy (non-hydrogen) atoms. The lowest BCUT2D eigenvalue weighted by molar-refractivity contribution is -0.128. The zero-order valence-corrected chi connectivity index (χ0v) is 16.5. The van der Waals surface area contributed by atoms with Crippen LogP contribution in [0.4, 0.5) is 17.1 Å². The number of carbonyl (C=O) groups excluding carboxylic acids is 3. The van der Waals surface area contributed by atoms with Gasteiger partial charge in [0.25, 0.3) is 10.0 Å². The van der Waals surface area contributed by atoms with Crippen molar-refractivity contribution in [3.8, 4) is 0 Å². The molecule has 0 fully saturated rings. The van der Waals surface area contributed by atoms with E-state index in [1.807, 2.05) is 0 Å². The van der Waals surface area contributed by atoms with Gasteiger partial charge in [0.2, 0.25) is 11.8 Å². The van der Waals surface area contributed by atoms with Gasteiger partial charge in [-0.15, -0.1) is 0 Å². The fourth-order valence-electron chi connectivity index (χ4n) is 2.64. The molecule has 0 unspecified atom stereocenters. The van der Waals surface area contributed by atoms with Crippen LogP contribution in [0, 0.1) is 5.92 Å². The average molecular weight is 417 g/mol. The van der Waals surface area contributed by atoms with E-state index in [9.17, 15) is 22.8 Å². The summed E-state index contributed by atoms with van der Waals surface area (Å²) >= 11 is 0. The topological polar surface area (TPSA) is 131 Å². The Kier molecular flexibility index (Phi) is 5.55. The predicted molar refractivity (Wildman–Crippen MR) is 106 cm³/mol. The Hall–Kier alpha value is -3.40. The van der Waals surface area contributed by atoms with Crippen molar-refractivity contribution in [1.29, 1.82) is 0 Å². The zero-order valence-electron chi connectivity index (χ0n) is 15.7. The van der Waals surface area contributed by atoms with Crippen LogP contribution in [-0.2, 0) is 24.3 Å². The number of nitrogens with one attached hydrogen (secondary N) is 3. The third-order valence-corrected chi connectivity index (χ3v) is 5.61. The normalized spacial score (nSPS) is 16.1. The molecule has 3 N–H and O–H groups in total. The molecular formula is C19H19N3O6S. The molecule has 0 saturated heterocycles.